The van der Waals surface area contributed by atoms with Gasteiger partial charge in [0.05, 0.1) is 0 Å². The van der Waals surface area contributed by atoms with Crippen LogP contribution >= 0.6 is 0 Å². The minimum atomic E-state index is -0.0951. The Morgan fingerprint density at radius 1 is 0.808 bits per heavy atom. The van der Waals surface area contributed by atoms with E-state index in [0.717, 1.165) is 30.4 Å². The van der Waals surface area contributed by atoms with Gasteiger partial charge in [-0.25, -0.2) is 0 Å². The van der Waals surface area contributed by atoms with Crippen molar-refractivity contribution in [3.63, 3.8) is 0 Å². The molecule has 0 bridgehead atoms. The largest absolute Gasteiger partial charge is 0.352 e. The number of nitrogens with zero attached hydrogens (tertiary/aromatic N) is 2. The first kappa shape index (κ1) is 18.0. The van der Waals surface area contributed by atoms with E-state index < -0.39 is 0 Å². The second-order valence-electron chi connectivity index (χ2n) is 6.71. The molecule has 2 atom stereocenters. The average Bonchev–Trinajstić information content (AvgIpc) is 2.72. The molecule has 1 saturated carbocycles. The van der Waals surface area contributed by atoms with Crippen LogP contribution in [0.5, 0.6) is 0 Å². The number of hydrogen-bond donors (Lipinski definition) is 2. The van der Waals surface area contributed by atoms with Crippen LogP contribution in [0.25, 0.3) is 0 Å². The van der Waals surface area contributed by atoms with Crippen molar-refractivity contribution in [3.8, 4) is 0 Å². The van der Waals surface area contributed by atoms with Crippen LogP contribution in [0.4, 0.5) is 0 Å². The molecule has 0 saturated heterocycles. The summed E-state index contributed by atoms with van der Waals surface area (Å²) in [5.74, 6) is -0.119. The van der Waals surface area contributed by atoms with Crippen LogP contribution in [0.15, 0.2) is 49.1 Å². The summed E-state index contributed by atoms with van der Waals surface area (Å²) in [4.78, 5) is 32.8. The summed E-state index contributed by atoms with van der Waals surface area (Å²) in [6, 6.07) is 7.54. The summed E-state index contributed by atoms with van der Waals surface area (Å²) >= 11 is 0. The lowest BCUT2D eigenvalue weighted by Crippen LogP contribution is -2.38. The molecule has 0 spiro atoms. The van der Waals surface area contributed by atoms with E-state index in [2.05, 4.69) is 20.6 Å². The van der Waals surface area contributed by atoms with Gasteiger partial charge in [-0.05, 0) is 54.7 Å². The van der Waals surface area contributed by atoms with Gasteiger partial charge >= 0.3 is 0 Å². The monoisotopic (exact) mass is 352 g/mol. The normalized spacial score (nSPS) is 19.5. The molecule has 6 nitrogen and oxygen atoms in total. The minimum Gasteiger partial charge on any atom is -0.352 e. The zero-order chi connectivity index (χ0) is 18.2. The Morgan fingerprint density at radius 3 is 1.65 bits per heavy atom. The average molecular weight is 352 g/mol. The number of carbonyl (C=O) groups excluding carboxylic acids is 2. The third-order valence-corrected chi connectivity index (χ3v) is 4.85. The van der Waals surface area contributed by atoms with Crippen molar-refractivity contribution < 1.29 is 9.59 Å². The van der Waals surface area contributed by atoms with E-state index >= 15 is 0 Å². The van der Waals surface area contributed by atoms with E-state index in [-0.39, 0.29) is 23.7 Å². The summed E-state index contributed by atoms with van der Waals surface area (Å²) in [7, 11) is 0. The maximum atomic E-state index is 12.5. The number of hydrogen-bond acceptors (Lipinski definition) is 4. The molecule has 1 aliphatic rings. The molecule has 1 fully saturated rings. The molecule has 136 valence electrons. The van der Waals surface area contributed by atoms with Gasteiger partial charge in [-0.1, -0.05) is 6.42 Å². The van der Waals surface area contributed by atoms with Crippen molar-refractivity contribution in [1.29, 1.82) is 0 Å². The van der Waals surface area contributed by atoms with Gasteiger partial charge in [-0.2, -0.15) is 0 Å². The van der Waals surface area contributed by atoms with Gasteiger partial charge in [0.2, 0.25) is 11.8 Å². The van der Waals surface area contributed by atoms with Gasteiger partial charge in [0, 0.05) is 49.7 Å². The Bertz CT molecular complexity index is 660. The van der Waals surface area contributed by atoms with Gasteiger partial charge in [-0.3, -0.25) is 19.6 Å². The highest BCUT2D eigenvalue weighted by molar-refractivity contribution is 5.82. The fourth-order valence-electron chi connectivity index (χ4n) is 3.33. The van der Waals surface area contributed by atoms with Gasteiger partial charge in [0.1, 0.15) is 0 Å². The van der Waals surface area contributed by atoms with Gasteiger partial charge in [0.15, 0.2) is 0 Å². The molecule has 0 radical (unpaired) electrons. The van der Waals surface area contributed by atoms with Crippen molar-refractivity contribution in [1.82, 2.24) is 20.6 Å². The van der Waals surface area contributed by atoms with Crippen molar-refractivity contribution in [3.05, 3.63) is 60.2 Å². The van der Waals surface area contributed by atoms with Crippen molar-refractivity contribution in [2.24, 2.45) is 11.8 Å². The lowest BCUT2D eigenvalue weighted by Gasteiger charge is -2.27. The summed E-state index contributed by atoms with van der Waals surface area (Å²) in [6.45, 7) is 0.994. The standard InChI is InChI=1S/C20H24N4O2/c25-19(23-13-15-4-8-21-9-5-15)17-2-1-3-18(12-17)20(26)24-14-16-6-10-22-11-7-16/h4-11,17-18H,1-3,12-14H2,(H,23,25)(H,24,26). The third kappa shape index (κ3) is 5.12. The van der Waals surface area contributed by atoms with Crippen LogP contribution in [0, 0.1) is 11.8 Å². The zero-order valence-electron chi connectivity index (χ0n) is 14.7. The number of carbonyl (C=O) groups is 2. The summed E-state index contributed by atoms with van der Waals surface area (Å²) in [5.41, 5.74) is 2.05. The smallest absolute Gasteiger partial charge is 0.223 e. The molecular formula is C20H24N4O2. The molecule has 2 heterocycles. The summed E-state index contributed by atoms with van der Waals surface area (Å²) in [5, 5.41) is 5.96. The lowest BCUT2D eigenvalue weighted by molar-refractivity contribution is -0.130. The molecule has 2 unspecified atom stereocenters. The predicted octanol–water partition coefficient (Wildman–Crippen LogP) is 2.22. The molecule has 0 aliphatic heterocycles. The van der Waals surface area contributed by atoms with E-state index in [1.807, 2.05) is 24.3 Å². The lowest BCUT2D eigenvalue weighted by atomic mass is 9.80. The highest BCUT2D eigenvalue weighted by atomic mass is 16.2. The van der Waals surface area contributed by atoms with E-state index in [4.69, 9.17) is 0 Å². The molecule has 2 aromatic heterocycles. The molecule has 2 aromatic rings. The zero-order valence-corrected chi connectivity index (χ0v) is 14.7. The first-order valence-electron chi connectivity index (χ1n) is 9.05. The molecular weight excluding hydrogens is 328 g/mol. The molecule has 2 amide bonds. The Balaban J connectivity index is 1.47. The fourth-order valence-corrected chi connectivity index (χ4v) is 3.33. The van der Waals surface area contributed by atoms with Crippen LogP contribution in [0.2, 0.25) is 0 Å². The Labute approximate surface area is 153 Å². The SMILES string of the molecule is O=C(NCc1ccncc1)C1CCCC(C(=O)NCc2ccncc2)C1. The van der Waals surface area contributed by atoms with Crippen LogP contribution in [-0.4, -0.2) is 21.8 Å². The molecule has 2 N–H and O–H groups in total. The highest BCUT2D eigenvalue weighted by Gasteiger charge is 2.30. The second kappa shape index (κ2) is 9.08. The number of nitrogens with one attached hydrogen (secondary N) is 2. The van der Waals surface area contributed by atoms with Gasteiger partial charge in [-0.15, -0.1) is 0 Å². The molecule has 6 heteroatoms. The third-order valence-electron chi connectivity index (χ3n) is 4.85. The van der Waals surface area contributed by atoms with Crippen molar-refractivity contribution in [2.75, 3.05) is 0 Å². The van der Waals surface area contributed by atoms with Gasteiger partial charge in [0.25, 0.3) is 0 Å². The van der Waals surface area contributed by atoms with Crippen molar-refractivity contribution >= 4 is 11.8 Å². The second-order valence-corrected chi connectivity index (χ2v) is 6.71. The summed E-state index contributed by atoms with van der Waals surface area (Å²) < 4.78 is 0. The van der Waals surface area contributed by atoms with E-state index in [0.29, 0.717) is 19.5 Å². The minimum absolute atomic E-state index is 0.0356. The molecule has 0 aromatic carbocycles. The molecule has 26 heavy (non-hydrogen) atoms. The maximum absolute atomic E-state index is 12.5. The topological polar surface area (TPSA) is 84.0 Å². The van der Waals surface area contributed by atoms with Gasteiger partial charge < -0.3 is 10.6 Å². The first-order chi connectivity index (χ1) is 12.7. The number of amides is 2. The maximum Gasteiger partial charge on any atom is 0.223 e. The van der Waals surface area contributed by atoms with Crippen LogP contribution < -0.4 is 10.6 Å². The van der Waals surface area contributed by atoms with Crippen LogP contribution in [0.1, 0.15) is 36.8 Å². The molecule has 1 aliphatic carbocycles. The number of pyridine rings is 2. The van der Waals surface area contributed by atoms with Crippen LogP contribution in [-0.2, 0) is 22.7 Å². The number of aromatic nitrogens is 2. The summed E-state index contributed by atoms with van der Waals surface area (Å²) in [6.07, 6.45) is 10.1. The van der Waals surface area contributed by atoms with E-state index in [9.17, 15) is 9.59 Å². The highest BCUT2D eigenvalue weighted by Crippen LogP contribution is 2.29. The Morgan fingerprint density at radius 2 is 1.23 bits per heavy atom. The van der Waals surface area contributed by atoms with Crippen LogP contribution in [0.3, 0.4) is 0 Å². The predicted molar refractivity (Wildman–Crippen MR) is 97.6 cm³/mol. The van der Waals surface area contributed by atoms with E-state index in [1.54, 1.807) is 24.8 Å². The number of rotatable bonds is 6. The van der Waals surface area contributed by atoms with E-state index in [1.165, 1.54) is 0 Å². The Hall–Kier alpha value is -2.76. The quantitative estimate of drug-likeness (QED) is 0.835. The van der Waals surface area contributed by atoms with Crippen molar-refractivity contribution in [2.45, 2.75) is 38.8 Å². The fraction of sp³-hybridized carbons (Fsp3) is 0.400. The Kier molecular flexibility index (Phi) is 6.30. The first-order valence-corrected chi connectivity index (χ1v) is 9.05. The molecule has 3 rings (SSSR count).